The molecule has 1 aromatic heterocycles. The van der Waals surface area contributed by atoms with Crippen LogP contribution in [0.4, 0.5) is 0 Å². The molecule has 0 aliphatic carbocycles. The third-order valence-electron chi connectivity index (χ3n) is 2.81. The molecule has 0 bridgehead atoms. The monoisotopic (exact) mass is 286 g/mol. The van der Waals surface area contributed by atoms with Crippen LogP contribution in [0.5, 0.6) is 23.0 Å². The summed E-state index contributed by atoms with van der Waals surface area (Å²) < 4.78 is 5.06. The van der Waals surface area contributed by atoms with Crippen molar-refractivity contribution in [3.05, 3.63) is 36.4 Å². The van der Waals surface area contributed by atoms with Crippen LogP contribution in [-0.4, -0.2) is 30.6 Å². The third kappa shape index (κ3) is 2.44. The molecule has 3 aromatic rings. The lowest BCUT2D eigenvalue weighted by atomic mass is 10.2. The molecule has 7 nitrogen and oxygen atoms in total. The van der Waals surface area contributed by atoms with E-state index in [1.807, 2.05) is 0 Å². The first-order valence-corrected chi connectivity index (χ1v) is 5.92. The minimum Gasteiger partial charge on any atom is -0.508 e. The van der Waals surface area contributed by atoms with Gasteiger partial charge in [0.15, 0.2) is 11.5 Å². The van der Waals surface area contributed by atoms with Gasteiger partial charge in [-0.2, -0.15) is 4.98 Å². The second-order valence-corrected chi connectivity index (χ2v) is 4.36. The van der Waals surface area contributed by atoms with Crippen LogP contribution in [0.15, 0.2) is 40.9 Å². The first-order valence-electron chi connectivity index (χ1n) is 5.92. The Hall–Kier alpha value is -3.22. The van der Waals surface area contributed by atoms with Crippen molar-refractivity contribution in [2.24, 2.45) is 0 Å². The summed E-state index contributed by atoms with van der Waals surface area (Å²) in [6.45, 7) is 0. The van der Waals surface area contributed by atoms with Gasteiger partial charge in [-0.25, -0.2) is 0 Å². The van der Waals surface area contributed by atoms with E-state index in [-0.39, 0.29) is 34.7 Å². The molecule has 0 atom stereocenters. The highest BCUT2D eigenvalue weighted by molar-refractivity contribution is 5.64. The van der Waals surface area contributed by atoms with Crippen molar-refractivity contribution in [2.45, 2.75) is 0 Å². The lowest BCUT2D eigenvalue weighted by molar-refractivity contribution is 0.403. The Kier molecular flexibility index (Phi) is 2.87. The molecule has 1 heterocycles. The highest BCUT2D eigenvalue weighted by Crippen LogP contribution is 2.31. The third-order valence-corrected chi connectivity index (χ3v) is 2.81. The van der Waals surface area contributed by atoms with Gasteiger partial charge in [0.1, 0.15) is 11.5 Å². The fourth-order valence-corrected chi connectivity index (χ4v) is 1.84. The van der Waals surface area contributed by atoms with E-state index in [9.17, 15) is 20.4 Å². The molecule has 0 radical (unpaired) electrons. The van der Waals surface area contributed by atoms with E-state index in [4.69, 9.17) is 4.52 Å². The molecular formula is C14H10N2O5. The summed E-state index contributed by atoms with van der Waals surface area (Å²) in [6, 6.07) is 8.03. The summed E-state index contributed by atoms with van der Waals surface area (Å²) in [6.07, 6.45) is 0. The van der Waals surface area contributed by atoms with E-state index in [1.165, 1.54) is 36.4 Å². The molecule has 7 heteroatoms. The lowest BCUT2D eigenvalue weighted by Crippen LogP contribution is -1.82. The van der Waals surface area contributed by atoms with Crippen molar-refractivity contribution in [1.82, 2.24) is 10.1 Å². The van der Waals surface area contributed by atoms with Crippen LogP contribution in [0.2, 0.25) is 0 Å². The Bertz CT molecular complexity index is 793. The Balaban J connectivity index is 2.01. The summed E-state index contributed by atoms with van der Waals surface area (Å²) in [5.74, 6) is -0.514. The molecule has 0 aliphatic heterocycles. The molecule has 21 heavy (non-hydrogen) atoms. The first kappa shape index (κ1) is 12.8. The van der Waals surface area contributed by atoms with E-state index in [0.29, 0.717) is 11.1 Å². The van der Waals surface area contributed by atoms with E-state index in [1.54, 1.807) is 0 Å². The van der Waals surface area contributed by atoms with Crippen molar-refractivity contribution in [3.8, 4) is 45.8 Å². The fraction of sp³-hybridized carbons (Fsp3) is 0. The minimum atomic E-state index is -0.297. The quantitative estimate of drug-likeness (QED) is 0.533. The predicted molar refractivity (Wildman–Crippen MR) is 71.8 cm³/mol. The molecule has 0 spiro atoms. The van der Waals surface area contributed by atoms with Gasteiger partial charge in [-0.3, -0.25) is 0 Å². The van der Waals surface area contributed by atoms with E-state index < -0.39 is 0 Å². The minimum absolute atomic E-state index is 0.101. The smallest absolute Gasteiger partial charge is 0.258 e. The van der Waals surface area contributed by atoms with Gasteiger partial charge in [-0.05, 0) is 30.3 Å². The maximum absolute atomic E-state index is 9.46. The van der Waals surface area contributed by atoms with Gasteiger partial charge in [-0.1, -0.05) is 5.16 Å². The average molecular weight is 286 g/mol. The lowest BCUT2D eigenvalue weighted by Gasteiger charge is -1.99. The molecular weight excluding hydrogens is 276 g/mol. The molecule has 0 unspecified atom stereocenters. The normalized spacial score (nSPS) is 10.7. The molecule has 0 saturated heterocycles. The summed E-state index contributed by atoms with van der Waals surface area (Å²) in [7, 11) is 0. The van der Waals surface area contributed by atoms with Gasteiger partial charge >= 0.3 is 0 Å². The number of rotatable bonds is 2. The number of hydrogen-bond acceptors (Lipinski definition) is 7. The number of benzene rings is 2. The molecule has 4 N–H and O–H groups in total. The van der Waals surface area contributed by atoms with Gasteiger partial charge in [0.2, 0.25) is 5.82 Å². The van der Waals surface area contributed by atoms with Gasteiger partial charge < -0.3 is 24.9 Å². The molecule has 0 amide bonds. The van der Waals surface area contributed by atoms with Crippen molar-refractivity contribution in [1.29, 1.82) is 0 Å². The Morgan fingerprint density at radius 2 is 1.48 bits per heavy atom. The summed E-state index contributed by atoms with van der Waals surface area (Å²) in [5.41, 5.74) is 0.805. The Morgan fingerprint density at radius 1 is 0.762 bits per heavy atom. The number of nitrogens with zero attached hydrogens (tertiary/aromatic N) is 2. The Labute approximate surface area is 118 Å². The van der Waals surface area contributed by atoms with Crippen molar-refractivity contribution in [3.63, 3.8) is 0 Å². The number of hydrogen-bond donors (Lipinski definition) is 4. The zero-order valence-corrected chi connectivity index (χ0v) is 10.6. The van der Waals surface area contributed by atoms with Crippen LogP contribution in [0, 0.1) is 0 Å². The van der Waals surface area contributed by atoms with E-state index in [2.05, 4.69) is 10.1 Å². The predicted octanol–water partition coefficient (Wildman–Crippen LogP) is 2.23. The summed E-state index contributed by atoms with van der Waals surface area (Å²) >= 11 is 0. The second-order valence-electron chi connectivity index (χ2n) is 4.36. The van der Waals surface area contributed by atoms with Crippen LogP contribution in [0.3, 0.4) is 0 Å². The van der Waals surface area contributed by atoms with Crippen LogP contribution in [-0.2, 0) is 0 Å². The van der Waals surface area contributed by atoms with Gasteiger partial charge in [0.25, 0.3) is 5.89 Å². The number of phenolic OH excluding ortho intramolecular Hbond substituents is 4. The molecule has 0 saturated carbocycles. The van der Waals surface area contributed by atoms with Crippen LogP contribution in [0.1, 0.15) is 0 Å². The Morgan fingerprint density at radius 3 is 2.14 bits per heavy atom. The molecule has 3 rings (SSSR count). The van der Waals surface area contributed by atoms with Gasteiger partial charge in [0, 0.05) is 17.2 Å². The zero-order valence-electron chi connectivity index (χ0n) is 10.6. The van der Waals surface area contributed by atoms with Crippen molar-refractivity contribution in [2.75, 3.05) is 0 Å². The van der Waals surface area contributed by atoms with E-state index >= 15 is 0 Å². The van der Waals surface area contributed by atoms with Crippen LogP contribution in [0.25, 0.3) is 22.8 Å². The summed E-state index contributed by atoms with van der Waals surface area (Å²) in [4.78, 5) is 4.11. The van der Waals surface area contributed by atoms with Crippen LogP contribution < -0.4 is 0 Å². The number of aromatic nitrogens is 2. The largest absolute Gasteiger partial charge is 0.508 e. The molecule has 0 aliphatic rings. The first-order chi connectivity index (χ1) is 10.0. The van der Waals surface area contributed by atoms with Gasteiger partial charge in [-0.15, -0.1) is 0 Å². The standard InChI is InChI=1S/C14H10N2O5/c17-9-3-8(4-10(18)6-9)14-15-13(16-21-14)7-1-2-11(19)12(20)5-7/h1-6,17-20H. The number of aromatic hydroxyl groups is 4. The molecule has 2 aromatic carbocycles. The van der Waals surface area contributed by atoms with Gasteiger partial charge in [0.05, 0.1) is 0 Å². The zero-order chi connectivity index (χ0) is 15.0. The van der Waals surface area contributed by atoms with Crippen LogP contribution >= 0.6 is 0 Å². The summed E-state index contributed by atoms with van der Waals surface area (Å²) in [5, 5.41) is 41.3. The second kappa shape index (κ2) is 4.71. The highest BCUT2D eigenvalue weighted by atomic mass is 16.5. The maximum atomic E-state index is 9.46. The molecule has 0 fully saturated rings. The average Bonchev–Trinajstić information content (AvgIpc) is 2.90. The SMILES string of the molecule is Oc1cc(O)cc(-c2nc(-c3ccc(O)c(O)c3)no2)c1. The fourth-order valence-electron chi connectivity index (χ4n) is 1.84. The number of phenols is 4. The maximum Gasteiger partial charge on any atom is 0.258 e. The van der Waals surface area contributed by atoms with E-state index in [0.717, 1.165) is 0 Å². The highest BCUT2D eigenvalue weighted by Gasteiger charge is 2.13. The van der Waals surface area contributed by atoms with Crippen molar-refractivity contribution >= 4 is 0 Å². The molecule has 106 valence electrons. The topological polar surface area (TPSA) is 120 Å². The van der Waals surface area contributed by atoms with Crippen molar-refractivity contribution < 1.29 is 24.9 Å².